The molecule has 1 atom stereocenters. The second-order valence-corrected chi connectivity index (χ2v) is 5.35. The van der Waals surface area contributed by atoms with Gasteiger partial charge in [0.25, 0.3) is 11.7 Å². The molecule has 2 N–H and O–H groups in total. The molecule has 98 valence electrons. The van der Waals surface area contributed by atoms with Crippen LogP contribution in [0.5, 0.6) is 0 Å². The van der Waals surface area contributed by atoms with Crippen molar-refractivity contribution in [1.82, 2.24) is 30.8 Å². The minimum atomic E-state index is -0.103. The molecule has 0 aliphatic carbocycles. The van der Waals surface area contributed by atoms with Gasteiger partial charge < -0.3 is 10.2 Å². The summed E-state index contributed by atoms with van der Waals surface area (Å²) in [5.74, 6) is 0.0733. The molecule has 1 unspecified atom stereocenters. The van der Waals surface area contributed by atoms with Crippen molar-refractivity contribution < 1.29 is 4.79 Å². The van der Waals surface area contributed by atoms with Gasteiger partial charge in [0.1, 0.15) is 0 Å². The van der Waals surface area contributed by atoms with Gasteiger partial charge in [-0.1, -0.05) is 0 Å². The predicted molar refractivity (Wildman–Crippen MR) is 63.9 cm³/mol. The highest BCUT2D eigenvalue weighted by atomic mass is 16.2. The fraction of sp³-hybridized carbons (Fsp3) is 0.818. The van der Waals surface area contributed by atoms with Gasteiger partial charge in [-0.25, -0.2) is 0 Å². The lowest BCUT2D eigenvalue weighted by atomic mass is 9.74. The number of rotatable bonds is 1. The first-order chi connectivity index (χ1) is 8.79. The van der Waals surface area contributed by atoms with Crippen molar-refractivity contribution in [2.75, 3.05) is 26.2 Å². The Kier molecular flexibility index (Phi) is 2.99. The summed E-state index contributed by atoms with van der Waals surface area (Å²) in [5.41, 5.74) is 0.260. The molecule has 1 spiro atoms. The maximum atomic E-state index is 12.2. The number of hydrogen-bond donors (Lipinski definition) is 2. The van der Waals surface area contributed by atoms with Gasteiger partial charge in [0.05, 0.1) is 0 Å². The van der Waals surface area contributed by atoms with Crippen molar-refractivity contribution in [3.8, 4) is 0 Å². The van der Waals surface area contributed by atoms with Crippen molar-refractivity contribution >= 4 is 5.91 Å². The fourth-order valence-electron chi connectivity index (χ4n) is 3.15. The highest BCUT2D eigenvalue weighted by molar-refractivity contribution is 5.90. The first kappa shape index (κ1) is 11.6. The third kappa shape index (κ3) is 2.10. The predicted octanol–water partition coefficient (Wildman–Crippen LogP) is -0.194. The summed E-state index contributed by atoms with van der Waals surface area (Å²) in [6.45, 7) is 3.73. The van der Waals surface area contributed by atoms with Crippen LogP contribution < -0.4 is 5.32 Å². The maximum absolute atomic E-state index is 12.2. The van der Waals surface area contributed by atoms with Gasteiger partial charge >= 0.3 is 0 Å². The number of nitrogens with zero attached hydrogens (tertiary/aromatic N) is 4. The van der Waals surface area contributed by atoms with Gasteiger partial charge in [0.15, 0.2) is 0 Å². The second kappa shape index (κ2) is 4.64. The summed E-state index contributed by atoms with van der Waals surface area (Å²) in [4.78, 5) is 14.1. The molecule has 0 saturated carbocycles. The zero-order chi connectivity index (χ0) is 12.4. The molecule has 18 heavy (non-hydrogen) atoms. The Morgan fingerprint density at radius 2 is 2.22 bits per heavy atom. The van der Waals surface area contributed by atoms with E-state index in [0.29, 0.717) is 0 Å². The molecule has 3 rings (SSSR count). The molecule has 2 aliphatic heterocycles. The monoisotopic (exact) mass is 250 g/mol. The molecule has 2 saturated heterocycles. The van der Waals surface area contributed by atoms with Crippen LogP contribution in [-0.4, -0.2) is 57.6 Å². The Labute approximate surface area is 105 Å². The molecule has 0 aromatic carbocycles. The lowest BCUT2D eigenvalue weighted by Gasteiger charge is -2.45. The molecular formula is C11H18N6O. The number of aromatic amines is 1. The van der Waals surface area contributed by atoms with Crippen LogP contribution in [0.1, 0.15) is 36.3 Å². The molecule has 1 aromatic rings. The molecule has 3 heterocycles. The van der Waals surface area contributed by atoms with Gasteiger partial charge in [0, 0.05) is 25.0 Å². The van der Waals surface area contributed by atoms with E-state index in [9.17, 15) is 4.79 Å². The summed E-state index contributed by atoms with van der Waals surface area (Å²) in [6, 6.07) is 0. The number of hydrogen-bond acceptors (Lipinski definition) is 5. The molecule has 7 nitrogen and oxygen atoms in total. The van der Waals surface area contributed by atoms with Gasteiger partial charge in [-0.3, -0.25) is 4.79 Å². The van der Waals surface area contributed by atoms with Crippen LogP contribution in [0.4, 0.5) is 0 Å². The van der Waals surface area contributed by atoms with Crippen LogP contribution in [0.25, 0.3) is 0 Å². The Hall–Kier alpha value is -1.50. The number of piperidine rings is 2. The van der Waals surface area contributed by atoms with Crippen LogP contribution in [-0.2, 0) is 0 Å². The van der Waals surface area contributed by atoms with Crippen molar-refractivity contribution in [3.05, 3.63) is 5.82 Å². The molecule has 0 bridgehead atoms. The largest absolute Gasteiger partial charge is 0.335 e. The number of tetrazole rings is 1. The Morgan fingerprint density at radius 1 is 1.33 bits per heavy atom. The third-order valence-corrected chi connectivity index (χ3v) is 4.05. The smallest absolute Gasteiger partial charge is 0.295 e. The van der Waals surface area contributed by atoms with E-state index in [0.717, 1.165) is 32.6 Å². The van der Waals surface area contributed by atoms with Gasteiger partial charge in [-0.05, 0) is 37.4 Å². The Bertz CT molecular complexity index is 406. The number of likely N-dealkylation sites (tertiary alicyclic amines) is 1. The molecule has 7 heteroatoms. The standard InChI is InChI=1S/C11H18N6O/c18-10(9-13-15-16-14-9)17-6-2-4-11(8-17)3-1-5-12-7-11/h12H,1-8H2,(H,13,14,15,16). The number of nitrogens with one attached hydrogen (secondary N) is 2. The molecule has 1 aromatic heterocycles. The summed E-state index contributed by atoms with van der Waals surface area (Å²) in [6.07, 6.45) is 4.67. The average Bonchev–Trinajstić information content (AvgIpc) is 2.93. The summed E-state index contributed by atoms with van der Waals surface area (Å²) in [7, 11) is 0. The van der Waals surface area contributed by atoms with Crippen LogP contribution in [0.15, 0.2) is 0 Å². The minimum absolute atomic E-state index is 0.103. The summed E-state index contributed by atoms with van der Waals surface area (Å²) in [5, 5.41) is 16.8. The van der Waals surface area contributed by atoms with Crippen LogP contribution in [0.3, 0.4) is 0 Å². The normalized spacial score (nSPS) is 28.6. The number of H-pyrrole nitrogens is 1. The van der Waals surface area contributed by atoms with Gasteiger partial charge in [-0.15, -0.1) is 10.2 Å². The highest BCUT2D eigenvalue weighted by Gasteiger charge is 2.38. The third-order valence-electron chi connectivity index (χ3n) is 4.05. The first-order valence-electron chi connectivity index (χ1n) is 6.53. The lowest BCUT2D eigenvalue weighted by molar-refractivity contribution is 0.0424. The quantitative estimate of drug-likeness (QED) is 0.721. The lowest BCUT2D eigenvalue weighted by Crippen LogP contribution is -2.52. The van der Waals surface area contributed by atoms with E-state index in [4.69, 9.17) is 0 Å². The van der Waals surface area contributed by atoms with E-state index in [-0.39, 0.29) is 17.1 Å². The highest BCUT2D eigenvalue weighted by Crippen LogP contribution is 2.36. The molecule has 1 amide bonds. The number of carbonyl (C=O) groups excluding carboxylic acids is 1. The Morgan fingerprint density at radius 3 is 2.94 bits per heavy atom. The van der Waals surface area contributed by atoms with Crippen LogP contribution in [0.2, 0.25) is 0 Å². The van der Waals surface area contributed by atoms with Crippen molar-refractivity contribution in [3.63, 3.8) is 0 Å². The van der Waals surface area contributed by atoms with E-state index >= 15 is 0 Å². The van der Waals surface area contributed by atoms with E-state index in [2.05, 4.69) is 25.9 Å². The maximum Gasteiger partial charge on any atom is 0.295 e. The van der Waals surface area contributed by atoms with Crippen LogP contribution >= 0.6 is 0 Å². The average molecular weight is 250 g/mol. The summed E-state index contributed by atoms with van der Waals surface area (Å²) < 4.78 is 0. The SMILES string of the molecule is O=C(c1nn[nH]n1)N1CCCC2(CCCNC2)C1. The van der Waals surface area contributed by atoms with Crippen molar-refractivity contribution in [1.29, 1.82) is 0 Å². The van der Waals surface area contributed by atoms with Crippen molar-refractivity contribution in [2.24, 2.45) is 5.41 Å². The number of amides is 1. The molecular weight excluding hydrogens is 232 g/mol. The van der Waals surface area contributed by atoms with Crippen molar-refractivity contribution in [2.45, 2.75) is 25.7 Å². The second-order valence-electron chi connectivity index (χ2n) is 5.35. The van der Waals surface area contributed by atoms with E-state index in [1.165, 1.54) is 19.3 Å². The first-order valence-corrected chi connectivity index (χ1v) is 6.53. The molecule has 2 aliphatic rings. The number of aromatic nitrogens is 4. The van der Waals surface area contributed by atoms with Crippen LogP contribution in [0, 0.1) is 5.41 Å². The minimum Gasteiger partial charge on any atom is -0.335 e. The topological polar surface area (TPSA) is 86.8 Å². The zero-order valence-corrected chi connectivity index (χ0v) is 10.4. The molecule has 2 fully saturated rings. The fourth-order valence-corrected chi connectivity index (χ4v) is 3.15. The van der Waals surface area contributed by atoms with E-state index in [1.54, 1.807) is 0 Å². The Balaban J connectivity index is 1.72. The van der Waals surface area contributed by atoms with E-state index in [1.807, 2.05) is 4.90 Å². The van der Waals surface area contributed by atoms with E-state index < -0.39 is 0 Å². The van der Waals surface area contributed by atoms with Gasteiger partial charge in [0.2, 0.25) is 0 Å². The zero-order valence-electron chi connectivity index (χ0n) is 10.4. The molecule has 0 radical (unpaired) electrons. The summed E-state index contributed by atoms with van der Waals surface area (Å²) >= 11 is 0. The van der Waals surface area contributed by atoms with Gasteiger partial charge in [-0.2, -0.15) is 5.21 Å². The number of carbonyl (C=O) groups is 1.